The minimum absolute atomic E-state index is 0.0349. The first-order valence-electron chi connectivity index (χ1n) is 6.09. The van der Waals surface area contributed by atoms with Gasteiger partial charge in [-0.15, -0.1) is 10.2 Å². The molecule has 5 heteroatoms. The van der Waals surface area contributed by atoms with Crippen molar-refractivity contribution >= 4 is 0 Å². The van der Waals surface area contributed by atoms with Gasteiger partial charge in [0.1, 0.15) is 5.75 Å². The normalized spacial score (nSPS) is 10.7. The van der Waals surface area contributed by atoms with Gasteiger partial charge in [0.05, 0.1) is 6.61 Å². The predicted octanol–water partition coefficient (Wildman–Crippen LogP) is 2.60. The highest BCUT2D eigenvalue weighted by atomic mass is 16.4. The van der Waals surface area contributed by atoms with Crippen molar-refractivity contribution in [3.8, 4) is 28.7 Å². The summed E-state index contributed by atoms with van der Waals surface area (Å²) < 4.78 is 5.61. The molecule has 0 saturated carbocycles. The molecule has 0 atom stereocenters. The Morgan fingerprint density at radius 1 is 0.900 bits per heavy atom. The highest BCUT2D eigenvalue weighted by Gasteiger charge is 2.10. The third-order valence-electron chi connectivity index (χ3n) is 2.90. The van der Waals surface area contributed by atoms with Crippen LogP contribution in [0.15, 0.2) is 52.9 Å². The molecule has 1 aromatic heterocycles. The first-order chi connectivity index (χ1) is 9.76. The summed E-state index contributed by atoms with van der Waals surface area (Å²) in [5.74, 6) is 0.960. The van der Waals surface area contributed by atoms with Gasteiger partial charge in [0, 0.05) is 11.1 Å². The van der Waals surface area contributed by atoms with Crippen LogP contribution < -0.4 is 0 Å². The summed E-state index contributed by atoms with van der Waals surface area (Å²) in [6, 6.07) is 13.8. The number of aromatic hydroxyl groups is 1. The fraction of sp³-hybridized carbons (Fsp3) is 0.0667. The van der Waals surface area contributed by atoms with Gasteiger partial charge < -0.3 is 14.6 Å². The molecular formula is C15H12N2O3. The van der Waals surface area contributed by atoms with Crippen LogP contribution in [-0.2, 0) is 6.61 Å². The molecule has 0 aliphatic heterocycles. The van der Waals surface area contributed by atoms with Gasteiger partial charge in [-0.1, -0.05) is 12.1 Å². The van der Waals surface area contributed by atoms with Gasteiger partial charge in [-0.05, 0) is 42.0 Å². The highest BCUT2D eigenvalue weighted by Crippen LogP contribution is 2.25. The number of hydrogen-bond acceptors (Lipinski definition) is 5. The molecule has 3 aromatic rings. The fourth-order valence-electron chi connectivity index (χ4n) is 1.86. The highest BCUT2D eigenvalue weighted by molar-refractivity contribution is 5.59. The monoisotopic (exact) mass is 268 g/mol. The lowest BCUT2D eigenvalue weighted by atomic mass is 10.1. The lowest BCUT2D eigenvalue weighted by Crippen LogP contribution is -1.84. The van der Waals surface area contributed by atoms with Crippen LogP contribution in [-0.4, -0.2) is 20.4 Å². The first kappa shape index (κ1) is 12.4. The minimum Gasteiger partial charge on any atom is -0.508 e. The van der Waals surface area contributed by atoms with Crippen molar-refractivity contribution in [2.45, 2.75) is 6.61 Å². The van der Waals surface area contributed by atoms with Gasteiger partial charge >= 0.3 is 0 Å². The molecule has 3 rings (SSSR count). The lowest BCUT2D eigenvalue weighted by molar-refractivity contribution is 0.282. The van der Waals surface area contributed by atoms with Crippen LogP contribution in [0.5, 0.6) is 5.75 Å². The van der Waals surface area contributed by atoms with E-state index < -0.39 is 0 Å². The SMILES string of the molecule is OCc1cccc(-c2nnc(-c3ccc(O)cc3)o2)c1. The number of benzene rings is 2. The van der Waals surface area contributed by atoms with Crippen LogP contribution in [0.3, 0.4) is 0 Å². The Morgan fingerprint density at radius 3 is 2.30 bits per heavy atom. The first-order valence-corrected chi connectivity index (χ1v) is 6.09. The predicted molar refractivity (Wildman–Crippen MR) is 72.8 cm³/mol. The number of nitrogens with zero attached hydrogens (tertiary/aromatic N) is 2. The summed E-state index contributed by atoms with van der Waals surface area (Å²) >= 11 is 0. The van der Waals surface area contributed by atoms with E-state index in [2.05, 4.69) is 10.2 Å². The van der Waals surface area contributed by atoms with E-state index in [1.165, 1.54) is 0 Å². The van der Waals surface area contributed by atoms with Crippen molar-refractivity contribution < 1.29 is 14.6 Å². The zero-order chi connectivity index (χ0) is 13.9. The average Bonchev–Trinajstić information content (AvgIpc) is 2.98. The lowest BCUT2D eigenvalue weighted by Gasteiger charge is -1.98. The average molecular weight is 268 g/mol. The van der Waals surface area contributed by atoms with E-state index in [1.807, 2.05) is 18.2 Å². The number of phenols is 1. The van der Waals surface area contributed by atoms with Crippen LogP contribution >= 0.6 is 0 Å². The molecule has 100 valence electrons. The van der Waals surface area contributed by atoms with Gasteiger partial charge in [0.15, 0.2) is 0 Å². The molecule has 0 aliphatic carbocycles. The number of rotatable bonds is 3. The van der Waals surface area contributed by atoms with Gasteiger partial charge in [-0.25, -0.2) is 0 Å². The standard InChI is InChI=1S/C15H12N2O3/c18-9-10-2-1-3-12(8-10)15-17-16-14(20-15)11-4-6-13(19)7-5-11/h1-8,18-19H,9H2. The summed E-state index contributed by atoms with van der Waals surface area (Å²) in [6.45, 7) is -0.0349. The van der Waals surface area contributed by atoms with Crippen molar-refractivity contribution in [2.75, 3.05) is 0 Å². The number of phenolic OH excluding ortho intramolecular Hbond substituents is 1. The maximum absolute atomic E-state index is 9.25. The molecular weight excluding hydrogens is 256 g/mol. The smallest absolute Gasteiger partial charge is 0.248 e. The van der Waals surface area contributed by atoms with E-state index in [9.17, 15) is 5.11 Å². The molecule has 2 aromatic carbocycles. The number of hydrogen-bond donors (Lipinski definition) is 2. The summed E-state index contributed by atoms with van der Waals surface area (Å²) in [7, 11) is 0. The molecule has 0 bridgehead atoms. The van der Waals surface area contributed by atoms with E-state index in [-0.39, 0.29) is 12.4 Å². The van der Waals surface area contributed by atoms with Gasteiger partial charge in [-0.2, -0.15) is 0 Å². The molecule has 0 unspecified atom stereocenters. The van der Waals surface area contributed by atoms with Crippen molar-refractivity contribution in [1.29, 1.82) is 0 Å². The second-order valence-electron chi connectivity index (χ2n) is 4.32. The maximum atomic E-state index is 9.25. The summed E-state index contributed by atoms with van der Waals surface area (Å²) in [5, 5.41) is 26.4. The Kier molecular flexibility index (Phi) is 3.18. The largest absolute Gasteiger partial charge is 0.508 e. The molecule has 0 radical (unpaired) electrons. The molecule has 0 fully saturated rings. The van der Waals surface area contributed by atoms with Crippen molar-refractivity contribution in [3.05, 3.63) is 54.1 Å². The van der Waals surface area contributed by atoms with E-state index in [0.29, 0.717) is 11.8 Å². The number of aromatic nitrogens is 2. The van der Waals surface area contributed by atoms with Crippen molar-refractivity contribution in [3.63, 3.8) is 0 Å². The second-order valence-corrected chi connectivity index (χ2v) is 4.32. The molecule has 0 amide bonds. The Labute approximate surface area is 115 Å². The van der Waals surface area contributed by atoms with Gasteiger partial charge in [0.2, 0.25) is 11.8 Å². The number of aliphatic hydroxyl groups excluding tert-OH is 1. The second kappa shape index (κ2) is 5.14. The van der Waals surface area contributed by atoms with E-state index in [1.54, 1.807) is 30.3 Å². The van der Waals surface area contributed by atoms with Crippen molar-refractivity contribution in [1.82, 2.24) is 10.2 Å². The Morgan fingerprint density at radius 2 is 1.60 bits per heavy atom. The Balaban J connectivity index is 1.95. The Hall–Kier alpha value is -2.66. The molecule has 0 aliphatic rings. The van der Waals surface area contributed by atoms with Crippen LogP contribution in [0, 0.1) is 0 Å². The van der Waals surface area contributed by atoms with Crippen LogP contribution in [0.4, 0.5) is 0 Å². The fourth-order valence-corrected chi connectivity index (χ4v) is 1.86. The molecule has 5 nitrogen and oxygen atoms in total. The third-order valence-corrected chi connectivity index (χ3v) is 2.90. The van der Waals surface area contributed by atoms with E-state index in [4.69, 9.17) is 9.52 Å². The number of aliphatic hydroxyl groups is 1. The quantitative estimate of drug-likeness (QED) is 0.763. The topological polar surface area (TPSA) is 79.4 Å². The molecule has 20 heavy (non-hydrogen) atoms. The zero-order valence-corrected chi connectivity index (χ0v) is 10.5. The zero-order valence-electron chi connectivity index (χ0n) is 10.5. The molecule has 1 heterocycles. The summed E-state index contributed by atoms with van der Waals surface area (Å²) in [4.78, 5) is 0. The maximum Gasteiger partial charge on any atom is 0.248 e. The minimum atomic E-state index is -0.0349. The third kappa shape index (κ3) is 2.39. The van der Waals surface area contributed by atoms with E-state index >= 15 is 0 Å². The summed E-state index contributed by atoms with van der Waals surface area (Å²) in [6.07, 6.45) is 0. The van der Waals surface area contributed by atoms with Crippen LogP contribution in [0.2, 0.25) is 0 Å². The van der Waals surface area contributed by atoms with Crippen molar-refractivity contribution in [2.24, 2.45) is 0 Å². The summed E-state index contributed by atoms with van der Waals surface area (Å²) in [5.41, 5.74) is 2.28. The van der Waals surface area contributed by atoms with Crippen LogP contribution in [0.25, 0.3) is 22.9 Å². The Bertz CT molecular complexity index is 720. The van der Waals surface area contributed by atoms with Gasteiger partial charge in [-0.3, -0.25) is 0 Å². The molecule has 0 saturated heterocycles. The molecule has 0 spiro atoms. The van der Waals surface area contributed by atoms with E-state index in [0.717, 1.165) is 16.7 Å². The van der Waals surface area contributed by atoms with Crippen LogP contribution in [0.1, 0.15) is 5.56 Å². The molecule has 2 N–H and O–H groups in total. The van der Waals surface area contributed by atoms with Gasteiger partial charge in [0.25, 0.3) is 0 Å².